The zero-order chi connectivity index (χ0) is 32.1. The Hall–Kier alpha value is -5.54. The normalized spacial score (nSPS) is 17.8. The summed E-state index contributed by atoms with van der Waals surface area (Å²) in [6.07, 6.45) is 8.37. The van der Waals surface area contributed by atoms with Crippen molar-refractivity contribution in [1.29, 1.82) is 5.26 Å². The van der Waals surface area contributed by atoms with Crippen molar-refractivity contribution in [1.82, 2.24) is 25.7 Å². The molecule has 18 heteroatoms. The third-order valence-electron chi connectivity index (χ3n) is 6.47. The minimum atomic E-state index is -1.51. The number of oxime groups is 1. The molecule has 3 amide bonds. The minimum Gasteiger partial charge on any atom is -0.543 e. The maximum atomic E-state index is 13.1. The summed E-state index contributed by atoms with van der Waals surface area (Å²) in [6, 6.07) is 3.89. The number of nitrogens with zero attached hydrogens (tertiary/aromatic N) is 6. The quantitative estimate of drug-likeness (QED) is 0.0583. The number of carbonyl (C=O) groups excluding carboxylic acids is 4. The lowest BCUT2D eigenvalue weighted by Gasteiger charge is -2.50. The first kappa shape index (κ1) is 30.9. The number of thiazole rings is 1. The summed E-state index contributed by atoms with van der Waals surface area (Å²) in [4.78, 5) is 60.1. The van der Waals surface area contributed by atoms with E-state index in [1.165, 1.54) is 29.4 Å². The molecule has 16 nitrogen and oxygen atoms in total. The predicted octanol–water partition coefficient (Wildman–Crippen LogP) is -0.720. The number of rotatable bonds is 11. The van der Waals surface area contributed by atoms with Crippen LogP contribution in [0.5, 0.6) is 0 Å². The molecule has 3 aromatic rings. The molecule has 0 bridgehead atoms. The van der Waals surface area contributed by atoms with Crippen LogP contribution in [0.1, 0.15) is 23.2 Å². The number of allylic oxidation sites excluding steroid dienone is 2. The van der Waals surface area contributed by atoms with E-state index in [4.69, 9.17) is 20.4 Å². The number of aromatic nitrogens is 3. The molecule has 2 aliphatic heterocycles. The lowest BCUT2D eigenvalue weighted by atomic mass is 10.0. The number of nitrogens with one attached hydrogen (secondary N) is 2. The van der Waals surface area contributed by atoms with E-state index in [1.807, 2.05) is 5.32 Å². The number of carbonyl (C=O) groups is 4. The molecular formula is C27H23N9O7S2. The Bertz CT molecular complexity index is 1790. The third kappa shape index (κ3) is 6.53. The maximum absolute atomic E-state index is 13.1. The topological polar surface area (TPSA) is 233 Å². The van der Waals surface area contributed by atoms with Gasteiger partial charge in [-0.3, -0.25) is 24.6 Å². The molecule has 5 rings (SSSR count). The average Bonchev–Trinajstić information content (AvgIpc) is 3.70. The number of hydrogen-bond donors (Lipinski definition) is 3. The predicted molar refractivity (Wildman–Crippen MR) is 156 cm³/mol. The summed E-state index contributed by atoms with van der Waals surface area (Å²) in [7, 11) is 0. The smallest absolute Gasteiger partial charge is 0.302 e. The highest BCUT2D eigenvalue weighted by Crippen LogP contribution is 2.40. The number of fused-ring (bicyclic) bond motifs is 1. The number of nitriles is 1. The fourth-order valence-electron chi connectivity index (χ4n) is 4.40. The number of nitrogen functional groups attached to an aromatic ring is 1. The van der Waals surface area contributed by atoms with E-state index in [0.29, 0.717) is 23.4 Å². The Morgan fingerprint density at radius 2 is 2.16 bits per heavy atom. The number of thioether (sulfide) groups is 1. The molecule has 45 heavy (non-hydrogen) atoms. The molecule has 4 N–H and O–H groups in total. The highest BCUT2D eigenvalue weighted by molar-refractivity contribution is 8.00. The van der Waals surface area contributed by atoms with Gasteiger partial charge in [0, 0.05) is 34.9 Å². The Kier molecular flexibility index (Phi) is 9.20. The molecule has 0 saturated carbocycles. The summed E-state index contributed by atoms with van der Waals surface area (Å²) in [6.45, 7) is 2.25. The largest absolute Gasteiger partial charge is 0.543 e. The van der Waals surface area contributed by atoms with E-state index in [9.17, 15) is 24.3 Å². The average molecular weight is 650 g/mol. The van der Waals surface area contributed by atoms with Gasteiger partial charge in [0.05, 0.1) is 11.7 Å². The molecule has 0 spiro atoms. The van der Waals surface area contributed by atoms with Crippen LogP contribution >= 0.6 is 23.1 Å². The number of anilines is 1. The monoisotopic (exact) mass is 649 g/mol. The van der Waals surface area contributed by atoms with Gasteiger partial charge in [-0.1, -0.05) is 16.4 Å². The van der Waals surface area contributed by atoms with E-state index in [-0.39, 0.29) is 40.4 Å². The minimum absolute atomic E-state index is 0.105. The molecule has 0 aromatic carbocycles. The van der Waals surface area contributed by atoms with Crippen molar-refractivity contribution < 1.29 is 38.2 Å². The first-order chi connectivity index (χ1) is 21.7. The number of hydrogen-bond acceptors (Lipinski definition) is 14. The zero-order valence-electron chi connectivity index (χ0n) is 23.3. The molecule has 2 atom stereocenters. The van der Waals surface area contributed by atoms with Crippen LogP contribution in [-0.4, -0.2) is 68.2 Å². The number of amides is 3. The molecule has 230 valence electrons. The Labute approximate surface area is 262 Å². The van der Waals surface area contributed by atoms with Crippen LogP contribution in [0.25, 0.3) is 11.3 Å². The third-order valence-corrected chi connectivity index (χ3v) is 8.44. The van der Waals surface area contributed by atoms with E-state index in [2.05, 4.69) is 20.6 Å². The Morgan fingerprint density at radius 1 is 1.38 bits per heavy atom. The fourth-order valence-corrected chi connectivity index (χ4v) is 6.26. The molecule has 0 unspecified atom stereocenters. The molecule has 5 heterocycles. The van der Waals surface area contributed by atoms with Gasteiger partial charge < -0.3 is 30.3 Å². The second kappa shape index (κ2) is 13.4. The lowest BCUT2D eigenvalue weighted by molar-refractivity contribution is -0.686. The van der Waals surface area contributed by atoms with Crippen molar-refractivity contribution in [2.75, 3.05) is 18.1 Å². The van der Waals surface area contributed by atoms with Crippen LogP contribution in [-0.2, 0) is 25.8 Å². The van der Waals surface area contributed by atoms with Gasteiger partial charge in [0.25, 0.3) is 11.8 Å². The molecule has 0 radical (unpaired) electrons. The summed E-state index contributed by atoms with van der Waals surface area (Å²) < 4.78 is 6.77. The number of nitrogens with two attached hydrogens (primary N) is 1. The second-order valence-electron chi connectivity index (χ2n) is 9.28. The van der Waals surface area contributed by atoms with Crippen LogP contribution < -0.4 is 26.0 Å². The number of carboxylic acids is 1. The summed E-state index contributed by atoms with van der Waals surface area (Å²) in [5.41, 5.74) is 6.90. The van der Waals surface area contributed by atoms with Crippen molar-refractivity contribution in [2.24, 2.45) is 5.16 Å². The molecule has 3 aromatic heterocycles. The van der Waals surface area contributed by atoms with E-state index in [1.54, 1.807) is 48.2 Å². The van der Waals surface area contributed by atoms with Gasteiger partial charge in [-0.15, -0.1) is 23.1 Å². The summed E-state index contributed by atoms with van der Waals surface area (Å²) in [5.74, 6) is -3.39. The van der Waals surface area contributed by atoms with Crippen molar-refractivity contribution in [3.8, 4) is 17.5 Å². The van der Waals surface area contributed by atoms with Crippen molar-refractivity contribution in [2.45, 2.75) is 24.9 Å². The first-order valence-electron chi connectivity index (χ1n) is 13.1. The molecular weight excluding hydrogens is 626 g/mol. The summed E-state index contributed by atoms with van der Waals surface area (Å²) in [5, 5.41) is 34.0. The van der Waals surface area contributed by atoms with Gasteiger partial charge in [0.1, 0.15) is 29.4 Å². The van der Waals surface area contributed by atoms with Gasteiger partial charge >= 0.3 is 5.91 Å². The second-order valence-corrected chi connectivity index (χ2v) is 11.3. The highest BCUT2D eigenvalue weighted by atomic mass is 32.2. The lowest BCUT2D eigenvalue weighted by Crippen LogP contribution is -2.71. The highest BCUT2D eigenvalue weighted by Gasteiger charge is 2.53. The molecule has 2 aliphatic rings. The van der Waals surface area contributed by atoms with E-state index < -0.39 is 35.1 Å². The number of aliphatic carboxylic acids is 1. The van der Waals surface area contributed by atoms with Crippen molar-refractivity contribution in [3.05, 3.63) is 70.8 Å². The number of β-lactam (4-membered cyclic amide) rings is 1. The molecule has 1 saturated heterocycles. The SMILES string of the molecule is CCO/N=C(\C(=O)N[C@@H]1C(=O)N2C(C(=O)[O-])=C(/C=C/C[n+]3ccc(-c4cc(C(=O)NC#N)on4)cc3)CS[C@H]12)c1csc(N)n1. The van der Waals surface area contributed by atoms with Gasteiger partial charge in [-0.2, -0.15) is 5.26 Å². The Balaban J connectivity index is 1.24. The van der Waals surface area contributed by atoms with Gasteiger partial charge in [0.15, 0.2) is 36.0 Å². The van der Waals surface area contributed by atoms with Crippen molar-refractivity contribution in [3.63, 3.8) is 0 Å². The number of carboxylic acid groups (broad SMARTS) is 1. The van der Waals surface area contributed by atoms with Crippen molar-refractivity contribution >= 4 is 57.6 Å². The van der Waals surface area contributed by atoms with Gasteiger partial charge in [-0.05, 0) is 18.6 Å². The van der Waals surface area contributed by atoms with Gasteiger partial charge in [0.2, 0.25) is 5.76 Å². The molecule has 1 fully saturated rings. The molecule has 0 aliphatic carbocycles. The summed E-state index contributed by atoms with van der Waals surface area (Å²) >= 11 is 2.41. The first-order valence-corrected chi connectivity index (χ1v) is 15.1. The van der Waals surface area contributed by atoms with Crippen LogP contribution in [0, 0.1) is 11.5 Å². The number of pyridine rings is 1. The van der Waals surface area contributed by atoms with Crippen LogP contribution in [0.3, 0.4) is 0 Å². The zero-order valence-corrected chi connectivity index (χ0v) is 25.0. The van der Waals surface area contributed by atoms with Crippen LogP contribution in [0.15, 0.2) is 69.1 Å². The fraction of sp³-hybridized carbons (Fsp3) is 0.222. The Morgan fingerprint density at radius 3 is 2.82 bits per heavy atom. The van der Waals surface area contributed by atoms with Crippen LogP contribution in [0.4, 0.5) is 5.13 Å². The van der Waals surface area contributed by atoms with E-state index >= 15 is 0 Å². The van der Waals surface area contributed by atoms with Gasteiger partial charge in [-0.25, -0.2) is 9.55 Å². The standard InChI is InChI=1S/C27H23N9O7S2/c1-2-42-34-19(17-12-45-27(29)31-17)23(38)32-20-24(39)36-21(26(40)41)15(11-44-25(20)36)4-3-7-35-8-5-14(6-9-35)16-10-18(43-33-16)22(37)30-13-28/h3-6,8-10,12,20,25H,2,7,11H2,1H3,(H4-,29,30,31,32,37,38,40,41)/b4-3+,34-19-/t20-,25-/m1/s1. The van der Waals surface area contributed by atoms with Crippen LogP contribution in [0.2, 0.25) is 0 Å². The maximum Gasteiger partial charge on any atom is 0.302 e. The van der Waals surface area contributed by atoms with E-state index in [0.717, 1.165) is 16.2 Å².